The molecule has 258 valence electrons. The van der Waals surface area contributed by atoms with Gasteiger partial charge >= 0.3 is 0 Å². The standard InChI is InChI=1S/C37H40ClN7O4Si/c1-26-19-20-32(39-23-26)42-35(46)31(49-36-33-34(40-25-41-36)45(44-43-33)30-18-12-11-17-29(30)38)24-47-21-22-48-50(37(2,3)4,27-13-7-5-8-14-27)28-15-9-6-10-16-28/h5-20,23,25,31,35,46H,21-22,24H2,1-4H3,(H,39,42). The average Bonchev–Trinajstić information content (AvgIpc) is 3.55. The summed E-state index contributed by atoms with van der Waals surface area (Å²) in [6.07, 6.45) is 0.900. The molecule has 0 aliphatic heterocycles. The lowest BCUT2D eigenvalue weighted by Gasteiger charge is -2.43. The number of anilines is 1. The van der Waals surface area contributed by atoms with Crippen molar-refractivity contribution >= 4 is 47.3 Å². The van der Waals surface area contributed by atoms with E-state index in [1.807, 2.05) is 43.3 Å². The summed E-state index contributed by atoms with van der Waals surface area (Å²) in [7, 11) is -2.75. The normalized spacial score (nSPS) is 13.2. The highest BCUT2D eigenvalue weighted by molar-refractivity contribution is 6.99. The summed E-state index contributed by atoms with van der Waals surface area (Å²) in [5, 5.41) is 25.6. The van der Waals surface area contributed by atoms with E-state index >= 15 is 0 Å². The molecule has 3 aromatic carbocycles. The minimum atomic E-state index is -2.75. The van der Waals surface area contributed by atoms with Crippen LogP contribution in [0.15, 0.2) is 110 Å². The van der Waals surface area contributed by atoms with Crippen LogP contribution >= 0.6 is 11.6 Å². The van der Waals surface area contributed by atoms with Gasteiger partial charge in [0.2, 0.25) is 5.88 Å². The first kappa shape index (κ1) is 35.1. The molecule has 0 amide bonds. The van der Waals surface area contributed by atoms with Crippen LogP contribution in [0.3, 0.4) is 0 Å². The molecule has 2 N–H and O–H groups in total. The first-order valence-corrected chi connectivity index (χ1v) is 18.6. The van der Waals surface area contributed by atoms with Crippen molar-refractivity contribution in [2.24, 2.45) is 0 Å². The number of aliphatic hydroxyl groups excluding tert-OH is 1. The Labute approximate surface area is 297 Å². The SMILES string of the molecule is Cc1ccc(NC(O)C(COCCO[Si](c2ccccc2)(c2ccccc2)C(C)(C)C)Oc2ncnc3c2nnn3-c2ccccc2Cl)nc1. The van der Waals surface area contributed by atoms with Crippen molar-refractivity contribution in [2.75, 3.05) is 25.1 Å². The fourth-order valence-corrected chi connectivity index (χ4v) is 10.7. The van der Waals surface area contributed by atoms with Crippen molar-refractivity contribution in [1.29, 1.82) is 0 Å². The Morgan fingerprint density at radius 2 is 1.54 bits per heavy atom. The maximum Gasteiger partial charge on any atom is 0.261 e. The van der Waals surface area contributed by atoms with Crippen LogP contribution in [0.2, 0.25) is 10.1 Å². The van der Waals surface area contributed by atoms with Crippen molar-refractivity contribution < 1.29 is 19.0 Å². The van der Waals surface area contributed by atoms with Gasteiger partial charge in [0.15, 0.2) is 23.5 Å². The lowest BCUT2D eigenvalue weighted by atomic mass is 10.2. The monoisotopic (exact) mass is 709 g/mol. The third-order valence-electron chi connectivity index (χ3n) is 8.35. The van der Waals surface area contributed by atoms with E-state index in [9.17, 15) is 5.11 Å². The van der Waals surface area contributed by atoms with Crippen molar-refractivity contribution in [3.8, 4) is 11.6 Å². The Kier molecular flexibility index (Phi) is 10.8. The van der Waals surface area contributed by atoms with Crippen molar-refractivity contribution in [3.63, 3.8) is 0 Å². The van der Waals surface area contributed by atoms with E-state index < -0.39 is 20.6 Å². The fraction of sp³-hybridized carbons (Fsp3) is 0.270. The fourth-order valence-electron chi connectivity index (χ4n) is 5.95. The predicted octanol–water partition coefficient (Wildman–Crippen LogP) is 5.34. The van der Waals surface area contributed by atoms with E-state index in [0.717, 1.165) is 5.56 Å². The predicted molar refractivity (Wildman–Crippen MR) is 197 cm³/mol. The summed E-state index contributed by atoms with van der Waals surface area (Å²) in [4.78, 5) is 13.1. The molecule has 3 aromatic heterocycles. The zero-order valence-electron chi connectivity index (χ0n) is 28.4. The smallest absolute Gasteiger partial charge is 0.261 e. The van der Waals surface area contributed by atoms with Crippen LogP contribution in [-0.2, 0) is 9.16 Å². The number of nitrogens with zero attached hydrogens (tertiary/aromatic N) is 6. The summed E-state index contributed by atoms with van der Waals surface area (Å²) in [6.45, 7) is 9.21. The number of fused-ring (bicyclic) bond motifs is 1. The summed E-state index contributed by atoms with van der Waals surface area (Å²) < 4.78 is 21.0. The molecule has 13 heteroatoms. The van der Waals surface area contributed by atoms with E-state index in [-0.39, 0.29) is 24.1 Å². The van der Waals surface area contributed by atoms with Gasteiger partial charge in [0.1, 0.15) is 12.1 Å². The number of ether oxygens (including phenoxy) is 2. The quantitative estimate of drug-likeness (QED) is 0.0869. The van der Waals surface area contributed by atoms with Crippen LogP contribution in [-0.4, -0.2) is 75.5 Å². The minimum Gasteiger partial charge on any atom is -0.465 e. The van der Waals surface area contributed by atoms with Crippen LogP contribution in [0, 0.1) is 6.92 Å². The second kappa shape index (κ2) is 15.4. The molecular weight excluding hydrogens is 670 g/mol. The molecule has 6 rings (SSSR count). The van der Waals surface area contributed by atoms with Gasteiger partial charge in [-0.3, -0.25) is 0 Å². The van der Waals surface area contributed by atoms with Crippen molar-refractivity contribution in [1.82, 2.24) is 29.9 Å². The number of para-hydroxylation sites is 1. The Hall–Kier alpha value is -4.72. The lowest BCUT2D eigenvalue weighted by Crippen LogP contribution is -2.66. The Balaban J connectivity index is 1.22. The van der Waals surface area contributed by atoms with Crippen LogP contribution in [0.4, 0.5) is 5.82 Å². The van der Waals surface area contributed by atoms with Crippen LogP contribution in [0.1, 0.15) is 26.3 Å². The number of aliphatic hydroxyl groups is 1. The molecule has 2 unspecified atom stereocenters. The summed E-state index contributed by atoms with van der Waals surface area (Å²) in [5.74, 6) is 0.604. The topological polar surface area (TPSA) is 129 Å². The molecule has 0 saturated carbocycles. The van der Waals surface area contributed by atoms with E-state index in [1.165, 1.54) is 21.4 Å². The highest BCUT2D eigenvalue weighted by Gasteiger charge is 2.50. The van der Waals surface area contributed by atoms with Crippen molar-refractivity contribution in [3.05, 3.63) is 120 Å². The van der Waals surface area contributed by atoms with Gasteiger partial charge in [0.05, 0.1) is 30.5 Å². The highest BCUT2D eigenvalue weighted by Crippen LogP contribution is 2.36. The van der Waals surface area contributed by atoms with E-state index in [4.69, 9.17) is 25.5 Å². The van der Waals surface area contributed by atoms with E-state index in [1.54, 1.807) is 18.3 Å². The molecule has 0 spiro atoms. The lowest BCUT2D eigenvalue weighted by molar-refractivity contribution is -0.0203. The van der Waals surface area contributed by atoms with Gasteiger partial charge in [0, 0.05) is 6.20 Å². The van der Waals surface area contributed by atoms with Crippen LogP contribution in [0.25, 0.3) is 16.9 Å². The number of pyridine rings is 1. The van der Waals surface area contributed by atoms with Crippen LogP contribution in [0.5, 0.6) is 5.88 Å². The zero-order chi connectivity index (χ0) is 35.1. The van der Waals surface area contributed by atoms with Gasteiger partial charge in [-0.05, 0) is 46.1 Å². The number of hydrogen-bond donors (Lipinski definition) is 2. The van der Waals surface area contributed by atoms with Gasteiger partial charge in [-0.15, -0.1) is 5.10 Å². The second-order valence-corrected chi connectivity index (χ2v) is 17.6. The zero-order valence-corrected chi connectivity index (χ0v) is 30.2. The van der Waals surface area contributed by atoms with Crippen LogP contribution < -0.4 is 20.4 Å². The molecule has 0 aliphatic rings. The van der Waals surface area contributed by atoms with Gasteiger partial charge < -0.3 is 24.3 Å². The largest absolute Gasteiger partial charge is 0.465 e. The molecule has 2 atom stereocenters. The molecule has 3 heterocycles. The first-order valence-electron chi connectivity index (χ1n) is 16.4. The van der Waals surface area contributed by atoms with E-state index in [2.05, 4.69) is 99.9 Å². The number of aryl methyl sites for hydroxylation is 1. The Bertz CT molecular complexity index is 1950. The highest BCUT2D eigenvalue weighted by atomic mass is 35.5. The molecule has 0 saturated heterocycles. The van der Waals surface area contributed by atoms with Gasteiger partial charge in [-0.2, -0.15) is 9.67 Å². The summed E-state index contributed by atoms with van der Waals surface area (Å²) in [5.41, 5.74) is 2.29. The molecule has 11 nitrogen and oxygen atoms in total. The first-order chi connectivity index (χ1) is 24.2. The Morgan fingerprint density at radius 3 is 2.18 bits per heavy atom. The molecule has 0 radical (unpaired) electrons. The van der Waals surface area contributed by atoms with Gasteiger partial charge in [-0.1, -0.05) is 116 Å². The number of halogens is 1. The number of benzene rings is 3. The number of nitrogens with one attached hydrogen (secondary N) is 1. The molecular formula is C37H40ClN7O4Si. The maximum atomic E-state index is 11.4. The molecule has 50 heavy (non-hydrogen) atoms. The third-order valence-corrected chi connectivity index (χ3v) is 13.7. The minimum absolute atomic E-state index is 0.00567. The van der Waals surface area contributed by atoms with Gasteiger partial charge in [-0.25, -0.2) is 9.97 Å². The molecule has 0 bridgehead atoms. The number of rotatable bonds is 14. The average molecular weight is 710 g/mol. The summed E-state index contributed by atoms with van der Waals surface area (Å²) in [6, 6.07) is 31.8. The third kappa shape index (κ3) is 7.54. The molecule has 6 aromatic rings. The molecule has 0 aliphatic carbocycles. The maximum absolute atomic E-state index is 11.4. The van der Waals surface area contributed by atoms with E-state index in [0.29, 0.717) is 34.3 Å². The second-order valence-electron chi connectivity index (χ2n) is 12.9. The Morgan fingerprint density at radius 1 is 0.860 bits per heavy atom. The van der Waals surface area contributed by atoms with Crippen molar-refractivity contribution in [2.45, 2.75) is 45.1 Å². The van der Waals surface area contributed by atoms with Gasteiger partial charge in [0.25, 0.3) is 8.32 Å². The number of hydrogen-bond acceptors (Lipinski definition) is 10. The molecule has 0 fully saturated rings. The number of aromatic nitrogens is 6. The summed E-state index contributed by atoms with van der Waals surface area (Å²) >= 11 is 6.44.